The van der Waals surface area contributed by atoms with Gasteiger partial charge in [-0.3, -0.25) is 0 Å². The van der Waals surface area contributed by atoms with Crippen LogP contribution in [0.4, 0.5) is 11.4 Å². The van der Waals surface area contributed by atoms with Crippen LogP contribution in [-0.4, -0.2) is 30.8 Å². The Balaban J connectivity index is 2.33. The molecule has 116 valence electrons. The lowest BCUT2D eigenvalue weighted by Gasteiger charge is -2.43. The first-order chi connectivity index (χ1) is 9.85. The lowest BCUT2D eigenvalue weighted by atomic mass is 10.0. The molecule has 0 radical (unpaired) electrons. The number of hydrogen-bond donors (Lipinski definition) is 1. The fourth-order valence-corrected chi connectivity index (χ4v) is 2.53. The number of rotatable bonds is 4. The van der Waals surface area contributed by atoms with E-state index in [1.165, 1.54) is 0 Å². The molecule has 0 bridgehead atoms. The van der Waals surface area contributed by atoms with Crippen LogP contribution in [-0.2, 0) is 9.53 Å². The van der Waals surface area contributed by atoms with Crippen molar-refractivity contribution in [3.63, 3.8) is 0 Å². The molecule has 1 heterocycles. The van der Waals surface area contributed by atoms with Crippen molar-refractivity contribution in [3.05, 3.63) is 18.2 Å². The van der Waals surface area contributed by atoms with Crippen molar-refractivity contribution in [3.8, 4) is 5.75 Å². The Morgan fingerprint density at radius 3 is 2.90 bits per heavy atom. The summed E-state index contributed by atoms with van der Waals surface area (Å²) in [6.07, 6.45) is 0.811. The molecule has 0 amide bonds. The van der Waals surface area contributed by atoms with E-state index in [4.69, 9.17) is 15.2 Å². The average molecular weight is 292 g/mol. The average Bonchev–Trinajstić information content (AvgIpc) is 2.42. The van der Waals surface area contributed by atoms with Gasteiger partial charge >= 0.3 is 5.97 Å². The molecule has 0 saturated heterocycles. The zero-order chi connectivity index (χ0) is 15.6. The maximum atomic E-state index is 12.2. The van der Waals surface area contributed by atoms with Gasteiger partial charge in [0.1, 0.15) is 23.1 Å². The molecule has 0 fully saturated rings. The van der Waals surface area contributed by atoms with Crippen LogP contribution in [0.3, 0.4) is 0 Å². The number of nitrogen functional groups attached to an aromatic ring is 1. The molecule has 0 aliphatic carbocycles. The molecule has 0 saturated carbocycles. The molecule has 1 aliphatic heterocycles. The third kappa shape index (κ3) is 3.23. The maximum absolute atomic E-state index is 12.2. The summed E-state index contributed by atoms with van der Waals surface area (Å²) in [5, 5.41) is 0. The number of carbonyl (C=O) groups is 1. The summed E-state index contributed by atoms with van der Waals surface area (Å²) >= 11 is 0. The van der Waals surface area contributed by atoms with Gasteiger partial charge in [-0.05, 0) is 39.3 Å². The van der Waals surface area contributed by atoms with Crippen molar-refractivity contribution < 1.29 is 14.3 Å². The molecule has 1 atom stereocenters. The van der Waals surface area contributed by atoms with Gasteiger partial charge in [0.2, 0.25) is 0 Å². The Morgan fingerprint density at radius 1 is 1.52 bits per heavy atom. The Hall–Kier alpha value is -1.91. The minimum absolute atomic E-state index is 0.233. The lowest BCUT2D eigenvalue weighted by molar-refractivity contribution is -0.145. The van der Waals surface area contributed by atoms with Gasteiger partial charge in [-0.1, -0.05) is 13.0 Å². The van der Waals surface area contributed by atoms with E-state index in [1.807, 2.05) is 50.8 Å². The molecule has 5 heteroatoms. The van der Waals surface area contributed by atoms with E-state index in [1.54, 1.807) is 0 Å². The Bertz CT molecular complexity index is 528. The monoisotopic (exact) mass is 292 g/mol. The molecule has 5 nitrogen and oxygen atoms in total. The predicted octanol–water partition coefficient (Wildman–Crippen LogP) is 2.59. The van der Waals surface area contributed by atoms with Crippen molar-refractivity contribution in [2.24, 2.45) is 0 Å². The van der Waals surface area contributed by atoms with E-state index in [0.717, 1.165) is 12.1 Å². The first kappa shape index (κ1) is 15.5. The molecular weight excluding hydrogens is 268 g/mol. The van der Waals surface area contributed by atoms with Crippen LogP contribution < -0.4 is 15.4 Å². The number of anilines is 2. The van der Waals surface area contributed by atoms with E-state index in [9.17, 15) is 4.79 Å². The molecule has 1 aliphatic rings. The maximum Gasteiger partial charge on any atom is 0.328 e. The van der Waals surface area contributed by atoms with Gasteiger partial charge in [0, 0.05) is 0 Å². The van der Waals surface area contributed by atoms with Crippen molar-refractivity contribution in [1.29, 1.82) is 0 Å². The van der Waals surface area contributed by atoms with Gasteiger partial charge in [-0.15, -0.1) is 0 Å². The quantitative estimate of drug-likeness (QED) is 0.682. The van der Waals surface area contributed by atoms with Crippen LogP contribution in [0, 0.1) is 0 Å². The predicted molar refractivity (Wildman–Crippen MR) is 83.6 cm³/mol. The number of ether oxygens (including phenoxy) is 2. The van der Waals surface area contributed by atoms with Gasteiger partial charge in [0.15, 0.2) is 0 Å². The van der Waals surface area contributed by atoms with E-state index >= 15 is 0 Å². The first-order valence-corrected chi connectivity index (χ1v) is 7.36. The van der Waals surface area contributed by atoms with E-state index in [0.29, 0.717) is 24.6 Å². The molecule has 0 spiro atoms. The fourth-order valence-electron chi connectivity index (χ4n) is 2.53. The summed E-state index contributed by atoms with van der Waals surface area (Å²) in [5.74, 6) is 0.477. The number of para-hydroxylation sites is 1. The summed E-state index contributed by atoms with van der Waals surface area (Å²) in [6.45, 7) is 8.83. The Kier molecular flexibility index (Phi) is 4.30. The van der Waals surface area contributed by atoms with Crippen molar-refractivity contribution in [2.45, 2.75) is 45.8 Å². The van der Waals surface area contributed by atoms with Crippen molar-refractivity contribution in [1.82, 2.24) is 0 Å². The second-order valence-corrected chi connectivity index (χ2v) is 6.03. The zero-order valence-corrected chi connectivity index (χ0v) is 13.2. The van der Waals surface area contributed by atoms with Crippen LogP contribution in [0.15, 0.2) is 18.2 Å². The van der Waals surface area contributed by atoms with Crippen LogP contribution >= 0.6 is 0 Å². The van der Waals surface area contributed by atoms with Gasteiger partial charge in [-0.2, -0.15) is 0 Å². The molecule has 1 unspecified atom stereocenters. The summed E-state index contributed by atoms with van der Waals surface area (Å²) in [6, 6.07) is 5.15. The second-order valence-electron chi connectivity index (χ2n) is 6.03. The minimum atomic E-state index is -0.400. The Labute approximate surface area is 126 Å². The lowest BCUT2D eigenvalue weighted by Crippen LogP contribution is -2.53. The molecule has 1 aromatic carbocycles. The van der Waals surface area contributed by atoms with Crippen molar-refractivity contribution in [2.75, 3.05) is 23.8 Å². The van der Waals surface area contributed by atoms with E-state index in [-0.39, 0.29) is 11.6 Å². The minimum Gasteiger partial charge on any atom is -0.484 e. The standard InChI is InChI=1S/C16H24N2O3/c1-5-9-20-15(19)11(2)18-10-16(3,4)21-13-8-6-7-12(17)14(13)18/h6-8,11H,5,9-10,17H2,1-4H3. The highest BCUT2D eigenvalue weighted by molar-refractivity contribution is 5.85. The second kappa shape index (κ2) is 5.84. The normalized spacial score (nSPS) is 17.6. The number of carbonyl (C=O) groups excluding carboxylic acids is 1. The van der Waals surface area contributed by atoms with Gasteiger partial charge in [0.25, 0.3) is 0 Å². The largest absolute Gasteiger partial charge is 0.484 e. The molecule has 2 N–H and O–H groups in total. The van der Waals surface area contributed by atoms with Crippen LogP contribution in [0.2, 0.25) is 0 Å². The zero-order valence-electron chi connectivity index (χ0n) is 13.2. The summed E-state index contributed by atoms with van der Waals surface area (Å²) in [4.78, 5) is 14.2. The van der Waals surface area contributed by atoms with Gasteiger partial charge < -0.3 is 20.1 Å². The van der Waals surface area contributed by atoms with Crippen molar-refractivity contribution >= 4 is 17.3 Å². The van der Waals surface area contributed by atoms with E-state index < -0.39 is 6.04 Å². The molecule has 0 aromatic heterocycles. The fraction of sp³-hybridized carbons (Fsp3) is 0.562. The topological polar surface area (TPSA) is 64.8 Å². The molecule has 1 aromatic rings. The Morgan fingerprint density at radius 2 is 2.24 bits per heavy atom. The smallest absolute Gasteiger partial charge is 0.328 e. The third-order valence-corrected chi connectivity index (χ3v) is 3.51. The number of fused-ring (bicyclic) bond motifs is 1. The number of hydrogen-bond acceptors (Lipinski definition) is 5. The van der Waals surface area contributed by atoms with Gasteiger partial charge in [0.05, 0.1) is 18.8 Å². The number of benzene rings is 1. The summed E-state index contributed by atoms with van der Waals surface area (Å²) in [5.41, 5.74) is 7.08. The number of nitrogens with zero attached hydrogens (tertiary/aromatic N) is 1. The van der Waals surface area contributed by atoms with Gasteiger partial charge in [-0.25, -0.2) is 4.79 Å². The molecule has 21 heavy (non-hydrogen) atoms. The molecular formula is C16H24N2O3. The van der Waals surface area contributed by atoms with Crippen LogP contribution in [0.1, 0.15) is 34.1 Å². The van der Waals surface area contributed by atoms with E-state index in [2.05, 4.69) is 0 Å². The SMILES string of the molecule is CCCOC(=O)C(C)N1CC(C)(C)Oc2cccc(N)c21. The summed E-state index contributed by atoms with van der Waals surface area (Å²) < 4.78 is 11.2. The van der Waals surface area contributed by atoms with Crippen LogP contribution in [0.25, 0.3) is 0 Å². The number of esters is 1. The summed E-state index contributed by atoms with van der Waals surface area (Å²) in [7, 11) is 0. The molecule has 2 rings (SSSR count). The first-order valence-electron chi connectivity index (χ1n) is 7.36. The number of nitrogens with two attached hydrogens (primary N) is 1. The highest BCUT2D eigenvalue weighted by atomic mass is 16.5. The highest BCUT2D eigenvalue weighted by Gasteiger charge is 2.37. The third-order valence-electron chi connectivity index (χ3n) is 3.51. The highest BCUT2D eigenvalue weighted by Crippen LogP contribution is 2.42. The van der Waals surface area contributed by atoms with Crippen LogP contribution in [0.5, 0.6) is 5.75 Å².